The van der Waals surface area contributed by atoms with E-state index in [0.29, 0.717) is 18.3 Å². The molecule has 28 heavy (non-hydrogen) atoms. The third kappa shape index (κ3) is 4.58. The maximum Gasteiger partial charge on any atom is 0.241 e. The van der Waals surface area contributed by atoms with Crippen LogP contribution in [-0.4, -0.2) is 34.0 Å². The summed E-state index contributed by atoms with van der Waals surface area (Å²) in [6.45, 7) is 4.48. The Balaban J connectivity index is 1.65. The molecule has 0 bridgehead atoms. The van der Waals surface area contributed by atoms with Crippen molar-refractivity contribution in [1.29, 1.82) is 0 Å². The Morgan fingerprint density at radius 1 is 1.14 bits per heavy atom. The number of likely N-dealkylation sites (N-methyl/N-ethyl adjacent to an activating group) is 1. The van der Waals surface area contributed by atoms with Gasteiger partial charge in [-0.15, -0.1) is 0 Å². The molecule has 0 fully saturated rings. The van der Waals surface area contributed by atoms with Crippen LogP contribution in [0.3, 0.4) is 0 Å². The lowest BCUT2D eigenvalue weighted by Gasteiger charge is -2.17. The Labute approximate surface area is 161 Å². The van der Waals surface area contributed by atoms with Gasteiger partial charge in [0.2, 0.25) is 17.6 Å². The van der Waals surface area contributed by atoms with Crippen molar-refractivity contribution in [3.05, 3.63) is 65.6 Å². The van der Waals surface area contributed by atoms with Crippen LogP contribution >= 0.6 is 0 Å². The van der Waals surface area contributed by atoms with Crippen LogP contribution in [0, 0.1) is 18.6 Å². The highest BCUT2D eigenvalue weighted by Gasteiger charge is 2.17. The van der Waals surface area contributed by atoms with Crippen molar-refractivity contribution >= 4 is 11.6 Å². The summed E-state index contributed by atoms with van der Waals surface area (Å²) < 4.78 is 32.6. The van der Waals surface area contributed by atoms with Gasteiger partial charge in [-0.25, -0.2) is 8.78 Å². The maximum atomic E-state index is 13.7. The first-order chi connectivity index (χ1) is 13.5. The van der Waals surface area contributed by atoms with Gasteiger partial charge >= 0.3 is 0 Å². The summed E-state index contributed by atoms with van der Waals surface area (Å²) in [5.74, 6) is -1.36. The standard InChI is InChI=1S/C20H20F2N4O2/c1-3-26(11-17(27)23-19-15(21)9-6-10-16(19)22)12-18-24-20(25-28-18)14-8-5-4-7-13(14)2/h4-10H,3,11-12H2,1-2H3,(H,23,27). The second kappa shape index (κ2) is 8.71. The van der Waals surface area contributed by atoms with Crippen molar-refractivity contribution in [2.24, 2.45) is 0 Å². The van der Waals surface area contributed by atoms with Gasteiger partial charge in [0.15, 0.2) is 0 Å². The van der Waals surface area contributed by atoms with Crippen molar-refractivity contribution in [2.45, 2.75) is 20.4 Å². The quantitative estimate of drug-likeness (QED) is 0.669. The van der Waals surface area contributed by atoms with Crippen molar-refractivity contribution in [3.63, 3.8) is 0 Å². The molecule has 1 heterocycles. The number of nitrogens with zero attached hydrogens (tertiary/aromatic N) is 3. The number of para-hydroxylation sites is 1. The number of nitrogens with one attached hydrogen (secondary N) is 1. The molecular weight excluding hydrogens is 366 g/mol. The van der Waals surface area contributed by atoms with Crippen LogP contribution in [0.1, 0.15) is 18.4 Å². The zero-order valence-electron chi connectivity index (χ0n) is 15.6. The zero-order valence-corrected chi connectivity index (χ0v) is 15.6. The van der Waals surface area contributed by atoms with Crippen LogP contribution in [0.5, 0.6) is 0 Å². The predicted octanol–water partition coefficient (Wildman–Crippen LogP) is 3.78. The Morgan fingerprint density at radius 3 is 2.54 bits per heavy atom. The van der Waals surface area contributed by atoms with Crippen molar-refractivity contribution in [2.75, 3.05) is 18.4 Å². The van der Waals surface area contributed by atoms with Gasteiger partial charge < -0.3 is 9.84 Å². The summed E-state index contributed by atoms with van der Waals surface area (Å²) in [6, 6.07) is 11.1. The van der Waals surface area contributed by atoms with Gasteiger partial charge in [-0.1, -0.05) is 42.4 Å². The number of aryl methyl sites for hydroxylation is 1. The van der Waals surface area contributed by atoms with E-state index < -0.39 is 23.2 Å². The van der Waals surface area contributed by atoms with E-state index in [9.17, 15) is 13.6 Å². The first-order valence-corrected chi connectivity index (χ1v) is 8.82. The van der Waals surface area contributed by atoms with Crippen LogP contribution in [0.15, 0.2) is 47.0 Å². The molecule has 1 aromatic heterocycles. The molecule has 0 unspecified atom stereocenters. The minimum atomic E-state index is -0.823. The fourth-order valence-electron chi connectivity index (χ4n) is 2.72. The average Bonchev–Trinajstić information content (AvgIpc) is 3.13. The fraction of sp³-hybridized carbons (Fsp3) is 0.250. The molecular formula is C20H20F2N4O2. The van der Waals surface area contributed by atoms with Gasteiger partial charge in [0.1, 0.15) is 17.3 Å². The molecule has 0 atom stereocenters. The number of anilines is 1. The van der Waals surface area contributed by atoms with Gasteiger partial charge in [-0.05, 0) is 31.2 Å². The summed E-state index contributed by atoms with van der Waals surface area (Å²) in [5, 5.41) is 6.26. The lowest BCUT2D eigenvalue weighted by molar-refractivity contribution is -0.117. The third-order valence-corrected chi connectivity index (χ3v) is 4.25. The number of benzene rings is 2. The molecule has 3 aromatic rings. The molecule has 0 aliphatic rings. The van der Waals surface area contributed by atoms with E-state index >= 15 is 0 Å². The molecule has 0 radical (unpaired) electrons. The van der Waals surface area contributed by atoms with Gasteiger partial charge in [0.25, 0.3) is 0 Å². The monoisotopic (exact) mass is 386 g/mol. The highest BCUT2D eigenvalue weighted by atomic mass is 19.1. The average molecular weight is 386 g/mol. The summed E-state index contributed by atoms with van der Waals surface area (Å²) in [5.41, 5.74) is 1.44. The topological polar surface area (TPSA) is 71.3 Å². The molecule has 0 aliphatic heterocycles. The maximum absolute atomic E-state index is 13.7. The van der Waals surface area contributed by atoms with E-state index in [1.54, 1.807) is 4.90 Å². The highest BCUT2D eigenvalue weighted by molar-refractivity contribution is 5.92. The Morgan fingerprint density at radius 2 is 1.86 bits per heavy atom. The number of halogens is 2. The Kier molecular flexibility index (Phi) is 6.10. The lowest BCUT2D eigenvalue weighted by atomic mass is 10.1. The van der Waals surface area contributed by atoms with Crippen LogP contribution < -0.4 is 5.32 Å². The number of carbonyl (C=O) groups excluding carboxylic acids is 1. The van der Waals surface area contributed by atoms with E-state index in [2.05, 4.69) is 15.5 Å². The van der Waals surface area contributed by atoms with Gasteiger partial charge in [0.05, 0.1) is 13.1 Å². The van der Waals surface area contributed by atoms with Gasteiger partial charge in [-0.2, -0.15) is 4.98 Å². The van der Waals surface area contributed by atoms with Crippen LogP contribution in [0.4, 0.5) is 14.5 Å². The molecule has 1 N–H and O–H groups in total. The molecule has 0 saturated carbocycles. The lowest BCUT2D eigenvalue weighted by Crippen LogP contribution is -2.33. The largest absolute Gasteiger partial charge is 0.338 e. The van der Waals surface area contributed by atoms with Gasteiger partial charge in [0, 0.05) is 5.56 Å². The van der Waals surface area contributed by atoms with E-state index in [4.69, 9.17) is 4.52 Å². The zero-order chi connectivity index (χ0) is 20.1. The SMILES string of the molecule is CCN(CC(=O)Nc1c(F)cccc1F)Cc1nc(-c2ccccc2C)no1. The Hall–Kier alpha value is -3.13. The second-order valence-corrected chi connectivity index (χ2v) is 6.27. The van der Waals surface area contributed by atoms with E-state index in [-0.39, 0.29) is 13.1 Å². The number of aromatic nitrogens is 2. The van der Waals surface area contributed by atoms with Crippen molar-refractivity contribution in [1.82, 2.24) is 15.0 Å². The van der Waals surface area contributed by atoms with Crippen LogP contribution in [-0.2, 0) is 11.3 Å². The van der Waals surface area contributed by atoms with E-state index in [0.717, 1.165) is 23.3 Å². The second-order valence-electron chi connectivity index (χ2n) is 6.27. The number of carbonyl (C=O) groups is 1. The molecule has 8 heteroatoms. The smallest absolute Gasteiger partial charge is 0.241 e. The molecule has 6 nitrogen and oxygen atoms in total. The molecule has 0 aliphatic carbocycles. The first kappa shape index (κ1) is 19.6. The van der Waals surface area contributed by atoms with E-state index in [1.807, 2.05) is 38.1 Å². The molecule has 0 spiro atoms. The Bertz CT molecular complexity index is 954. The molecule has 1 amide bonds. The molecule has 146 valence electrons. The first-order valence-electron chi connectivity index (χ1n) is 8.82. The van der Waals surface area contributed by atoms with E-state index in [1.165, 1.54) is 6.07 Å². The predicted molar refractivity (Wildman–Crippen MR) is 100 cm³/mol. The summed E-state index contributed by atoms with van der Waals surface area (Å²) in [4.78, 5) is 18.3. The third-order valence-electron chi connectivity index (χ3n) is 4.25. The minimum Gasteiger partial charge on any atom is -0.338 e. The van der Waals surface area contributed by atoms with Gasteiger partial charge in [-0.3, -0.25) is 9.69 Å². The molecule has 2 aromatic carbocycles. The summed E-state index contributed by atoms with van der Waals surface area (Å²) in [7, 11) is 0. The minimum absolute atomic E-state index is 0.0770. The van der Waals surface area contributed by atoms with Crippen molar-refractivity contribution in [3.8, 4) is 11.4 Å². The molecule has 0 saturated heterocycles. The number of hydrogen-bond donors (Lipinski definition) is 1. The number of hydrogen-bond acceptors (Lipinski definition) is 5. The van der Waals surface area contributed by atoms with Crippen molar-refractivity contribution < 1.29 is 18.1 Å². The van der Waals surface area contributed by atoms with Crippen LogP contribution in [0.25, 0.3) is 11.4 Å². The fourth-order valence-corrected chi connectivity index (χ4v) is 2.72. The summed E-state index contributed by atoms with van der Waals surface area (Å²) in [6.07, 6.45) is 0. The molecule has 3 rings (SSSR count). The van der Waals surface area contributed by atoms with Crippen LogP contribution in [0.2, 0.25) is 0 Å². The number of rotatable bonds is 7. The number of amides is 1. The summed E-state index contributed by atoms with van der Waals surface area (Å²) >= 11 is 0. The normalized spacial score (nSPS) is 11.0. The highest BCUT2D eigenvalue weighted by Crippen LogP contribution is 2.20.